The van der Waals surface area contributed by atoms with Gasteiger partial charge in [0.05, 0.1) is 6.54 Å². The average molecular weight is 212 g/mol. The smallest absolute Gasteiger partial charge is 0.408 e. The van der Waals surface area contributed by atoms with Gasteiger partial charge in [-0.3, -0.25) is 0 Å². The third-order valence-electron chi connectivity index (χ3n) is 1.27. The maximum Gasteiger partial charge on any atom is 0.408 e. The molecule has 0 atom stereocenters. The molecule has 1 rings (SSSR count). The van der Waals surface area contributed by atoms with Gasteiger partial charge in [0.1, 0.15) is 5.60 Å². The third-order valence-corrected chi connectivity index (χ3v) is 2.09. The fourth-order valence-corrected chi connectivity index (χ4v) is 1.41. The minimum Gasteiger partial charge on any atom is -0.444 e. The fourth-order valence-electron chi connectivity index (χ4n) is 0.811. The second kappa shape index (κ2) is 4.46. The lowest BCUT2D eigenvalue weighted by Gasteiger charge is -2.19. The zero-order chi connectivity index (χ0) is 10.6. The van der Waals surface area contributed by atoms with Crippen LogP contribution in [0.25, 0.3) is 0 Å². The molecule has 1 aromatic rings. The Labute approximate surface area is 88.1 Å². The lowest BCUT2D eigenvalue weighted by atomic mass is 10.2. The second-order valence-electron chi connectivity index (χ2n) is 3.81. The normalized spacial score (nSPS) is 11.1. The van der Waals surface area contributed by atoms with Gasteiger partial charge in [-0.2, -0.15) is 0 Å². The molecular formula is C10H14NO2S. The van der Waals surface area contributed by atoms with Crippen molar-refractivity contribution in [1.29, 1.82) is 0 Å². The van der Waals surface area contributed by atoms with Gasteiger partial charge in [0.15, 0.2) is 0 Å². The molecule has 14 heavy (non-hydrogen) atoms. The van der Waals surface area contributed by atoms with Gasteiger partial charge in [0, 0.05) is 4.88 Å². The van der Waals surface area contributed by atoms with Crippen molar-refractivity contribution in [3.05, 3.63) is 28.9 Å². The van der Waals surface area contributed by atoms with E-state index in [9.17, 15) is 4.79 Å². The molecule has 0 saturated carbocycles. The van der Waals surface area contributed by atoms with Gasteiger partial charge < -0.3 is 10.1 Å². The SMILES string of the molecule is CC(C)(C)OC(=O)N[CH]c1cccs1. The summed E-state index contributed by atoms with van der Waals surface area (Å²) < 4.78 is 5.06. The predicted octanol–water partition coefficient (Wildman–Crippen LogP) is 2.78. The first-order valence-corrected chi connectivity index (χ1v) is 5.21. The van der Waals surface area contributed by atoms with Gasteiger partial charge >= 0.3 is 6.09 Å². The third kappa shape index (κ3) is 4.28. The van der Waals surface area contributed by atoms with Crippen molar-refractivity contribution in [1.82, 2.24) is 5.32 Å². The minimum atomic E-state index is -0.451. The summed E-state index contributed by atoms with van der Waals surface area (Å²) in [7, 11) is 0. The number of hydrogen-bond donors (Lipinski definition) is 1. The Morgan fingerprint density at radius 2 is 2.29 bits per heavy atom. The number of alkyl carbamates (subject to hydrolysis) is 1. The van der Waals surface area contributed by atoms with Crippen molar-refractivity contribution in [3.8, 4) is 0 Å². The van der Waals surface area contributed by atoms with Gasteiger partial charge in [-0.05, 0) is 32.2 Å². The van der Waals surface area contributed by atoms with Crippen molar-refractivity contribution in [3.63, 3.8) is 0 Å². The molecule has 0 fully saturated rings. The summed E-state index contributed by atoms with van der Waals surface area (Å²) in [6.07, 6.45) is -0.425. The monoisotopic (exact) mass is 212 g/mol. The highest BCUT2D eigenvalue weighted by atomic mass is 32.1. The molecule has 1 aromatic heterocycles. The van der Waals surface area contributed by atoms with Crippen LogP contribution in [-0.4, -0.2) is 11.7 Å². The number of hydrogen-bond acceptors (Lipinski definition) is 3. The molecule has 77 valence electrons. The Bertz CT molecular complexity index is 288. The highest BCUT2D eigenvalue weighted by molar-refractivity contribution is 7.10. The van der Waals surface area contributed by atoms with Crippen LogP contribution < -0.4 is 5.32 Å². The molecule has 0 aliphatic carbocycles. The van der Waals surface area contributed by atoms with Gasteiger partial charge in [-0.1, -0.05) is 6.07 Å². The molecule has 3 nitrogen and oxygen atoms in total. The number of thiophene rings is 1. The zero-order valence-electron chi connectivity index (χ0n) is 8.53. The molecule has 1 N–H and O–H groups in total. The number of ether oxygens (including phenoxy) is 1. The number of carbonyl (C=O) groups is 1. The lowest BCUT2D eigenvalue weighted by Crippen LogP contribution is -2.31. The second-order valence-corrected chi connectivity index (χ2v) is 4.79. The summed E-state index contributed by atoms with van der Waals surface area (Å²) in [5, 5.41) is 4.51. The molecule has 0 saturated heterocycles. The summed E-state index contributed by atoms with van der Waals surface area (Å²) in [4.78, 5) is 12.2. The molecule has 0 bridgehead atoms. The highest BCUT2D eigenvalue weighted by Gasteiger charge is 2.15. The Hall–Kier alpha value is -1.03. The molecule has 1 heterocycles. The maximum absolute atomic E-state index is 11.2. The number of carbonyl (C=O) groups excluding carboxylic acids is 1. The summed E-state index contributed by atoms with van der Waals surface area (Å²) in [5.41, 5.74) is -0.451. The largest absolute Gasteiger partial charge is 0.444 e. The lowest BCUT2D eigenvalue weighted by molar-refractivity contribution is 0.0545. The first-order valence-electron chi connectivity index (χ1n) is 4.33. The molecule has 0 aliphatic heterocycles. The molecule has 1 amide bonds. The van der Waals surface area contributed by atoms with Crippen molar-refractivity contribution in [2.75, 3.05) is 0 Å². The van der Waals surface area contributed by atoms with Crippen LogP contribution in [0.5, 0.6) is 0 Å². The average Bonchev–Trinajstić information content (AvgIpc) is 2.49. The van der Waals surface area contributed by atoms with E-state index in [0.717, 1.165) is 4.88 Å². The molecule has 0 aliphatic rings. The Morgan fingerprint density at radius 3 is 2.79 bits per heavy atom. The van der Waals surface area contributed by atoms with Crippen LogP contribution in [0.15, 0.2) is 17.5 Å². The van der Waals surface area contributed by atoms with E-state index in [-0.39, 0.29) is 0 Å². The number of amides is 1. The van der Waals surface area contributed by atoms with Crippen LogP contribution in [-0.2, 0) is 4.74 Å². The predicted molar refractivity (Wildman–Crippen MR) is 57.1 cm³/mol. The molecule has 0 unspecified atom stereocenters. The maximum atomic E-state index is 11.2. The summed E-state index contributed by atoms with van der Waals surface area (Å²) in [6.45, 7) is 7.13. The topological polar surface area (TPSA) is 38.3 Å². The van der Waals surface area contributed by atoms with Crippen LogP contribution >= 0.6 is 11.3 Å². The first kappa shape index (κ1) is 11.0. The number of nitrogens with one attached hydrogen (secondary N) is 1. The van der Waals surface area contributed by atoms with Gasteiger partial charge in [-0.25, -0.2) is 4.79 Å². The number of rotatable bonds is 2. The zero-order valence-corrected chi connectivity index (χ0v) is 9.35. The summed E-state index contributed by atoms with van der Waals surface area (Å²) >= 11 is 1.56. The van der Waals surface area contributed by atoms with Gasteiger partial charge in [0.2, 0.25) is 0 Å². The van der Waals surface area contributed by atoms with Crippen molar-refractivity contribution in [2.45, 2.75) is 26.4 Å². The summed E-state index contributed by atoms with van der Waals surface area (Å²) in [5.74, 6) is 0. The molecule has 1 radical (unpaired) electrons. The Morgan fingerprint density at radius 1 is 1.57 bits per heavy atom. The molecule has 0 aromatic carbocycles. The van der Waals surface area contributed by atoms with Crippen molar-refractivity contribution < 1.29 is 9.53 Å². The van der Waals surface area contributed by atoms with E-state index in [0.29, 0.717) is 0 Å². The van der Waals surface area contributed by atoms with E-state index in [1.807, 2.05) is 38.3 Å². The molecule has 0 spiro atoms. The minimum absolute atomic E-state index is 0.425. The van der Waals surface area contributed by atoms with Crippen LogP contribution in [0.2, 0.25) is 0 Å². The fraction of sp³-hybridized carbons (Fsp3) is 0.400. The van der Waals surface area contributed by atoms with Gasteiger partial charge in [0.25, 0.3) is 0 Å². The van der Waals surface area contributed by atoms with Crippen molar-refractivity contribution in [2.24, 2.45) is 0 Å². The van der Waals surface area contributed by atoms with Gasteiger partial charge in [-0.15, -0.1) is 11.3 Å². The van der Waals surface area contributed by atoms with E-state index in [1.165, 1.54) is 0 Å². The van der Waals surface area contributed by atoms with Crippen molar-refractivity contribution >= 4 is 17.4 Å². The standard InChI is InChI=1S/C10H14NO2S/c1-10(2,3)13-9(12)11-7-8-5-4-6-14-8/h4-7H,1-3H3,(H,11,12). The molecule has 4 heteroatoms. The Balaban J connectivity index is 2.29. The van der Waals surface area contributed by atoms with Crippen LogP contribution in [0.3, 0.4) is 0 Å². The summed E-state index contributed by atoms with van der Waals surface area (Å²) in [6, 6.07) is 3.84. The Kier molecular flexibility index (Phi) is 3.52. The highest BCUT2D eigenvalue weighted by Crippen LogP contribution is 2.10. The van der Waals surface area contributed by atoms with E-state index in [2.05, 4.69) is 5.32 Å². The molecular weight excluding hydrogens is 198 g/mol. The van der Waals surface area contributed by atoms with E-state index < -0.39 is 11.7 Å². The van der Waals surface area contributed by atoms with E-state index in [4.69, 9.17) is 4.74 Å². The van der Waals surface area contributed by atoms with Crippen LogP contribution in [0.1, 0.15) is 25.6 Å². The van der Waals surface area contributed by atoms with Crippen LogP contribution in [0.4, 0.5) is 4.79 Å². The van der Waals surface area contributed by atoms with Crippen LogP contribution in [0, 0.1) is 6.54 Å². The van der Waals surface area contributed by atoms with E-state index >= 15 is 0 Å². The van der Waals surface area contributed by atoms with E-state index in [1.54, 1.807) is 17.9 Å². The first-order chi connectivity index (χ1) is 6.47. The quantitative estimate of drug-likeness (QED) is 0.818.